The van der Waals surface area contributed by atoms with Gasteiger partial charge in [-0.15, -0.1) is 0 Å². The molecule has 6 heteroatoms. The van der Waals surface area contributed by atoms with Gasteiger partial charge >= 0.3 is 0 Å². The quantitative estimate of drug-likeness (QED) is 0.807. The number of nitrogens with one attached hydrogen (secondary N) is 1. The highest BCUT2D eigenvalue weighted by atomic mass is 16.1. The van der Waals surface area contributed by atoms with Crippen molar-refractivity contribution in [2.75, 3.05) is 5.32 Å². The molecule has 6 nitrogen and oxygen atoms in total. The Labute approximate surface area is 132 Å². The van der Waals surface area contributed by atoms with Crippen molar-refractivity contribution in [1.82, 2.24) is 14.5 Å². The summed E-state index contributed by atoms with van der Waals surface area (Å²) in [6.07, 6.45) is 4.66. The van der Waals surface area contributed by atoms with Crippen molar-refractivity contribution in [3.8, 4) is 0 Å². The minimum Gasteiger partial charge on any atom is -0.322 e. The second-order valence-electron chi connectivity index (χ2n) is 5.47. The van der Waals surface area contributed by atoms with Crippen molar-refractivity contribution >= 4 is 22.5 Å². The second-order valence-corrected chi connectivity index (χ2v) is 5.47. The summed E-state index contributed by atoms with van der Waals surface area (Å²) in [7, 11) is 0. The van der Waals surface area contributed by atoms with Crippen molar-refractivity contribution in [1.29, 1.82) is 0 Å². The molecule has 2 aromatic heterocycles. The predicted molar refractivity (Wildman–Crippen MR) is 88.6 cm³/mol. The smallest absolute Gasteiger partial charge is 0.261 e. The van der Waals surface area contributed by atoms with Gasteiger partial charge in [0.15, 0.2) is 0 Å². The van der Waals surface area contributed by atoms with Gasteiger partial charge in [0, 0.05) is 29.7 Å². The first-order valence-electron chi connectivity index (χ1n) is 7.28. The van der Waals surface area contributed by atoms with Crippen molar-refractivity contribution in [3.05, 3.63) is 65.0 Å². The maximum absolute atomic E-state index is 12.5. The van der Waals surface area contributed by atoms with Crippen molar-refractivity contribution in [2.45, 2.75) is 19.9 Å². The molecule has 0 saturated heterocycles. The summed E-state index contributed by atoms with van der Waals surface area (Å²) in [4.78, 5) is 32.8. The number of pyridine rings is 1. The molecule has 1 N–H and O–H groups in total. The molecule has 0 saturated carbocycles. The van der Waals surface area contributed by atoms with E-state index in [9.17, 15) is 9.59 Å². The summed E-state index contributed by atoms with van der Waals surface area (Å²) in [5, 5.41) is 3.26. The molecule has 2 heterocycles. The molecule has 0 aliphatic carbocycles. The first-order valence-corrected chi connectivity index (χ1v) is 7.28. The van der Waals surface area contributed by atoms with Gasteiger partial charge in [0.1, 0.15) is 0 Å². The molecule has 1 amide bonds. The van der Waals surface area contributed by atoms with E-state index in [1.807, 2.05) is 13.8 Å². The molecule has 0 bridgehead atoms. The van der Waals surface area contributed by atoms with Crippen LogP contribution in [0.1, 0.15) is 30.2 Å². The first-order chi connectivity index (χ1) is 11.1. The SMILES string of the molecule is CC(C)n1cnc2ccc(NC(=O)c3ccncc3)cc2c1=O. The second kappa shape index (κ2) is 6.00. The van der Waals surface area contributed by atoms with Crippen LogP contribution in [0.4, 0.5) is 5.69 Å². The Kier molecular flexibility index (Phi) is 3.89. The lowest BCUT2D eigenvalue weighted by Gasteiger charge is -2.11. The standard InChI is InChI=1S/C17H16N4O2/c1-11(2)21-10-19-15-4-3-13(9-14(15)17(21)23)20-16(22)12-5-7-18-8-6-12/h3-11H,1-2H3,(H,20,22). The first kappa shape index (κ1) is 14.9. The Morgan fingerprint density at radius 3 is 2.61 bits per heavy atom. The zero-order valence-electron chi connectivity index (χ0n) is 12.9. The average molecular weight is 308 g/mol. The van der Waals surface area contributed by atoms with Crippen LogP contribution in [0.5, 0.6) is 0 Å². The summed E-state index contributed by atoms with van der Waals surface area (Å²) in [6, 6.07) is 8.39. The molecule has 1 aromatic carbocycles. The van der Waals surface area contributed by atoms with Gasteiger partial charge in [-0.3, -0.25) is 19.1 Å². The van der Waals surface area contributed by atoms with Gasteiger partial charge in [-0.25, -0.2) is 4.98 Å². The average Bonchev–Trinajstić information content (AvgIpc) is 2.56. The summed E-state index contributed by atoms with van der Waals surface area (Å²) in [6.45, 7) is 3.84. The molecule has 0 unspecified atom stereocenters. The van der Waals surface area contributed by atoms with E-state index in [0.717, 1.165) is 0 Å². The van der Waals surface area contributed by atoms with Crippen LogP contribution in [-0.4, -0.2) is 20.4 Å². The van der Waals surface area contributed by atoms with Gasteiger partial charge in [0.05, 0.1) is 17.2 Å². The molecule has 3 aromatic rings. The fourth-order valence-corrected chi connectivity index (χ4v) is 2.29. The number of anilines is 1. The lowest BCUT2D eigenvalue weighted by atomic mass is 10.2. The van der Waals surface area contributed by atoms with E-state index in [0.29, 0.717) is 22.2 Å². The topological polar surface area (TPSA) is 76.9 Å². The van der Waals surface area contributed by atoms with Crippen LogP contribution < -0.4 is 10.9 Å². The Hall–Kier alpha value is -3.02. The number of rotatable bonds is 3. The Morgan fingerprint density at radius 1 is 1.17 bits per heavy atom. The van der Waals surface area contributed by atoms with Crippen LogP contribution in [-0.2, 0) is 0 Å². The monoisotopic (exact) mass is 308 g/mol. The van der Waals surface area contributed by atoms with Crippen molar-refractivity contribution < 1.29 is 4.79 Å². The normalized spacial score (nSPS) is 10.9. The summed E-state index contributed by atoms with van der Waals surface area (Å²) in [5.41, 5.74) is 1.55. The largest absolute Gasteiger partial charge is 0.322 e. The highest BCUT2D eigenvalue weighted by Crippen LogP contribution is 2.16. The molecule has 23 heavy (non-hydrogen) atoms. The zero-order chi connectivity index (χ0) is 16.4. The van der Waals surface area contributed by atoms with E-state index >= 15 is 0 Å². The van der Waals surface area contributed by atoms with Crippen LogP contribution in [0, 0.1) is 0 Å². The Bertz CT molecular complexity index is 917. The number of fused-ring (bicyclic) bond motifs is 1. The number of benzene rings is 1. The number of hydrogen-bond donors (Lipinski definition) is 1. The minimum atomic E-state index is -0.250. The lowest BCUT2D eigenvalue weighted by molar-refractivity contribution is 0.102. The molecule has 3 rings (SSSR count). The predicted octanol–water partition coefficient (Wildman–Crippen LogP) is 2.62. The number of amides is 1. The molecular weight excluding hydrogens is 292 g/mol. The molecule has 0 atom stereocenters. The molecule has 0 radical (unpaired) electrons. The Balaban J connectivity index is 1.98. The fourth-order valence-electron chi connectivity index (χ4n) is 2.29. The summed E-state index contributed by atoms with van der Waals surface area (Å²) < 4.78 is 1.57. The third-order valence-corrected chi connectivity index (χ3v) is 3.54. The fraction of sp³-hybridized carbons (Fsp3) is 0.176. The van der Waals surface area contributed by atoms with Gasteiger partial charge in [0.25, 0.3) is 11.5 Å². The highest BCUT2D eigenvalue weighted by molar-refractivity contribution is 6.04. The van der Waals surface area contributed by atoms with Crippen LogP contribution in [0.3, 0.4) is 0 Å². The van der Waals surface area contributed by atoms with Gasteiger partial charge in [-0.05, 0) is 44.2 Å². The van der Waals surface area contributed by atoms with Crippen LogP contribution in [0.2, 0.25) is 0 Å². The number of nitrogens with zero attached hydrogens (tertiary/aromatic N) is 3. The molecule has 0 aliphatic heterocycles. The molecule has 116 valence electrons. The van der Waals surface area contributed by atoms with Crippen LogP contribution in [0.25, 0.3) is 10.9 Å². The van der Waals surface area contributed by atoms with E-state index < -0.39 is 0 Å². The molecule has 0 fully saturated rings. The van der Waals surface area contributed by atoms with Crippen LogP contribution in [0.15, 0.2) is 53.8 Å². The maximum Gasteiger partial charge on any atom is 0.261 e. The maximum atomic E-state index is 12.5. The minimum absolute atomic E-state index is 0.0227. The van der Waals surface area contributed by atoms with Crippen molar-refractivity contribution in [2.24, 2.45) is 0 Å². The summed E-state index contributed by atoms with van der Waals surface area (Å²) >= 11 is 0. The molecular formula is C17H16N4O2. The van der Waals surface area contributed by atoms with E-state index in [1.54, 1.807) is 53.6 Å². The summed E-state index contributed by atoms with van der Waals surface area (Å²) in [5.74, 6) is -0.250. The van der Waals surface area contributed by atoms with E-state index in [2.05, 4.69) is 15.3 Å². The van der Waals surface area contributed by atoms with E-state index in [-0.39, 0.29) is 17.5 Å². The molecule has 0 spiro atoms. The van der Waals surface area contributed by atoms with E-state index in [1.165, 1.54) is 0 Å². The number of carbonyl (C=O) groups excluding carboxylic acids is 1. The van der Waals surface area contributed by atoms with Crippen LogP contribution >= 0.6 is 0 Å². The zero-order valence-corrected chi connectivity index (χ0v) is 12.9. The third-order valence-electron chi connectivity index (χ3n) is 3.54. The van der Waals surface area contributed by atoms with Gasteiger partial charge < -0.3 is 5.32 Å². The van der Waals surface area contributed by atoms with Crippen molar-refractivity contribution in [3.63, 3.8) is 0 Å². The number of carbonyl (C=O) groups is 1. The number of hydrogen-bond acceptors (Lipinski definition) is 4. The lowest BCUT2D eigenvalue weighted by Crippen LogP contribution is -2.22. The van der Waals surface area contributed by atoms with E-state index in [4.69, 9.17) is 0 Å². The van der Waals surface area contributed by atoms with Gasteiger partial charge in [-0.2, -0.15) is 0 Å². The third kappa shape index (κ3) is 2.96. The molecule has 0 aliphatic rings. The Morgan fingerprint density at radius 2 is 1.91 bits per heavy atom. The van der Waals surface area contributed by atoms with Gasteiger partial charge in [0.2, 0.25) is 0 Å². The van der Waals surface area contributed by atoms with Gasteiger partial charge in [-0.1, -0.05) is 0 Å². The number of aromatic nitrogens is 3. The highest BCUT2D eigenvalue weighted by Gasteiger charge is 2.10.